The van der Waals surface area contributed by atoms with Crippen molar-refractivity contribution in [3.05, 3.63) is 47.7 Å². The molecule has 1 heterocycles. The second-order valence-electron chi connectivity index (χ2n) is 4.05. The van der Waals surface area contributed by atoms with Crippen molar-refractivity contribution in [2.75, 3.05) is 0 Å². The van der Waals surface area contributed by atoms with E-state index in [9.17, 15) is 4.79 Å². The molecule has 2 amide bonds. The molecule has 84 valence electrons. The molecule has 0 saturated carbocycles. The van der Waals surface area contributed by atoms with Gasteiger partial charge in [0.2, 0.25) is 0 Å². The van der Waals surface area contributed by atoms with Gasteiger partial charge in [0.05, 0.1) is 6.04 Å². The fraction of sp³-hybridized carbons (Fsp3) is 0.308. The predicted octanol–water partition coefficient (Wildman–Crippen LogP) is 1.99. The van der Waals surface area contributed by atoms with Gasteiger partial charge in [-0.3, -0.25) is 0 Å². The van der Waals surface area contributed by atoms with Crippen LogP contribution in [0.5, 0.6) is 0 Å². The standard InChI is InChI=1S/C13H16N2O/c1-3-10-4-6-11(7-5-10)8-12-9(2)14-13(16)15-12/h4-7,12H,2-3,8H2,1H3,(H2,14,15,16). The number of hydrogen-bond acceptors (Lipinski definition) is 1. The molecule has 3 nitrogen and oxygen atoms in total. The summed E-state index contributed by atoms with van der Waals surface area (Å²) in [4.78, 5) is 11.1. The monoisotopic (exact) mass is 216 g/mol. The third-order valence-corrected chi connectivity index (χ3v) is 2.87. The Balaban J connectivity index is 2.03. The normalized spacial score (nSPS) is 19.4. The average molecular weight is 216 g/mol. The molecule has 2 rings (SSSR count). The third-order valence-electron chi connectivity index (χ3n) is 2.87. The molecule has 0 radical (unpaired) electrons. The maximum absolute atomic E-state index is 11.1. The number of carbonyl (C=O) groups is 1. The Morgan fingerprint density at radius 3 is 2.38 bits per heavy atom. The summed E-state index contributed by atoms with van der Waals surface area (Å²) in [6.07, 6.45) is 1.84. The van der Waals surface area contributed by atoms with Gasteiger partial charge in [-0.2, -0.15) is 0 Å². The zero-order valence-electron chi connectivity index (χ0n) is 9.42. The Bertz CT molecular complexity index is 408. The van der Waals surface area contributed by atoms with Gasteiger partial charge in [-0.15, -0.1) is 0 Å². The number of nitrogens with one attached hydrogen (secondary N) is 2. The van der Waals surface area contributed by atoms with Crippen LogP contribution in [0, 0.1) is 0 Å². The lowest BCUT2D eigenvalue weighted by molar-refractivity contribution is 0.247. The lowest BCUT2D eigenvalue weighted by Gasteiger charge is -2.10. The van der Waals surface area contributed by atoms with Gasteiger partial charge in [-0.1, -0.05) is 37.8 Å². The van der Waals surface area contributed by atoms with Crippen molar-refractivity contribution in [1.29, 1.82) is 0 Å². The predicted molar refractivity (Wildman–Crippen MR) is 64.1 cm³/mol. The van der Waals surface area contributed by atoms with E-state index in [1.165, 1.54) is 11.1 Å². The molecule has 0 bridgehead atoms. The minimum absolute atomic E-state index is 0.0139. The van der Waals surface area contributed by atoms with E-state index in [1.807, 2.05) is 0 Å². The molecule has 1 aliphatic heterocycles. The van der Waals surface area contributed by atoms with Gasteiger partial charge in [0.1, 0.15) is 0 Å². The minimum atomic E-state index is -0.153. The van der Waals surface area contributed by atoms with Gasteiger partial charge in [-0.05, 0) is 24.0 Å². The first-order valence-corrected chi connectivity index (χ1v) is 5.53. The van der Waals surface area contributed by atoms with Crippen LogP contribution in [0.3, 0.4) is 0 Å². The van der Waals surface area contributed by atoms with Gasteiger partial charge in [0, 0.05) is 5.70 Å². The average Bonchev–Trinajstić information content (AvgIpc) is 2.59. The Kier molecular flexibility index (Phi) is 2.95. The first kappa shape index (κ1) is 10.7. The van der Waals surface area contributed by atoms with E-state index in [0.29, 0.717) is 0 Å². The highest BCUT2D eigenvalue weighted by Gasteiger charge is 2.23. The molecule has 2 N–H and O–H groups in total. The highest BCUT2D eigenvalue weighted by atomic mass is 16.2. The molecule has 1 fully saturated rings. The molecule has 1 unspecified atom stereocenters. The summed E-state index contributed by atoms with van der Waals surface area (Å²) in [5.41, 5.74) is 3.30. The zero-order chi connectivity index (χ0) is 11.5. The maximum Gasteiger partial charge on any atom is 0.319 e. The zero-order valence-corrected chi connectivity index (χ0v) is 9.42. The van der Waals surface area contributed by atoms with Gasteiger partial charge in [0.25, 0.3) is 0 Å². The summed E-state index contributed by atoms with van der Waals surface area (Å²) in [5.74, 6) is 0. The van der Waals surface area contributed by atoms with Crippen LogP contribution < -0.4 is 10.6 Å². The summed E-state index contributed by atoms with van der Waals surface area (Å²) in [6.45, 7) is 5.96. The van der Waals surface area contributed by atoms with Crippen LogP contribution in [-0.4, -0.2) is 12.1 Å². The minimum Gasteiger partial charge on any atom is -0.329 e. The summed E-state index contributed by atoms with van der Waals surface area (Å²) in [7, 11) is 0. The van der Waals surface area contributed by atoms with Gasteiger partial charge in [0.15, 0.2) is 0 Å². The quantitative estimate of drug-likeness (QED) is 0.797. The van der Waals surface area contributed by atoms with Crippen molar-refractivity contribution in [3.63, 3.8) is 0 Å². The second kappa shape index (κ2) is 4.39. The van der Waals surface area contributed by atoms with Crippen molar-refractivity contribution in [3.8, 4) is 0 Å². The van der Waals surface area contributed by atoms with Crippen molar-refractivity contribution in [1.82, 2.24) is 10.6 Å². The van der Waals surface area contributed by atoms with Gasteiger partial charge < -0.3 is 10.6 Å². The van der Waals surface area contributed by atoms with Crippen LogP contribution in [0.4, 0.5) is 4.79 Å². The Labute approximate surface area is 95.6 Å². The third kappa shape index (κ3) is 2.24. The van der Waals surface area contributed by atoms with Crippen LogP contribution in [0.25, 0.3) is 0 Å². The fourth-order valence-corrected chi connectivity index (χ4v) is 1.84. The highest BCUT2D eigenvalue weighted by molar-refractivity contribution is 5.80. The molecule has 0 aliphatic carbocycles. The van der Waals surface area contributed by atoms with Crippen LogP contribution in [0.1, 0.15) is 18.1 Å². The van der Waals surface area contributed by atoms with Crippen molar-refractivity contribution in [2.24, 2.45) is 0 Å². The summed E-state index contributed by atoms with van der Waals surface area (Å²) in [6, 6.07) is 8.33. The van der Waals surface area contributed by atoms with E-state index in [-0.39, 0.29) is 12.1 Å². The first-order valence-electron chi connectivity index (χ1n) is 5.53. The summed E-state index contributed by atoms with van der Waals surface area (Å²) in [5, 5.41) is 5.50. The van der Waals surface area contributed by atoms with Crippen LogP contribution in [-0.2, 0) is 12.8 Å². The number of benzene rings is 1. The Hall–Kier alpha value is -1.77. The molecule has 1 saturated heterocycles. The number of urea groups is 1. The first-order chi connectivity index (χ1) is 7.69. The molecule has 0 spiro atoms. The maximum atomic E-state index is 11.1. The lowest BCUT2D eigenvalue weighted by Crippen LogP contribution is -2.27. The van der Waals surface area contributed by atoms with Gasteiger partial charge >= 0.3 is 6.03 Å². The Morgan fingerprint density at radius 1 is 1.25 bits per heavy atom. The van der Waals surface area contributed by atoms with E-state index in [4.69, 9.17) is 0 Å². The fourth-order valence-electron chi connectivity index (χ4n) is 1.84. The van der Waals surface area contributed by atoms with E-state index >= 15 is 0 Å². The smallest absolute Gasteiger partial charge is 0.319 e. The molecular weight excluding hydrogens is 200 g/mol. The number of amides is 2. The Morgan fingerprint density at radius 2 is 1.88 bits per heavy atom. The van der Waals surface area contributed by atoms with E-state index in [0.717, 1.165) is 18.5 Å². The molecule has 1 aromatic carbocycles. The molecule has 1 aromatic rings. The number of aryl methyl sites for hydroxylation is 1. The van der Waals surface area contributed by atoms with E-state index < -0.39 is 0 Å². The number of hydrogen-bond donors (Lipinski definition) is 2. The van der Waals surface area contributed by atoms with Crippen LogP contribution >= 0.6 is 0 Å². The van der Waals surface area contributed by atoms with E-state index in [1.54, 1.807) is 0 Å². The number of carbonyl (C=O) groups excluding carboxylic acids is 1. The van der Waals surface area contributed by atoms with Crippen molar-refractivity contribution >= 4 is 6.03 Å². The van der Waals surface area contributed by atoms with Gasteiger partial charge in [-0.25, -0.2) is 4.79 Å². The molecule has 16 heavy (non-hydrogen) atoms. The molecule has 0 aromatic heterocycles. The molecule has 3 heteroatoms. The summed E-state index contributed by atoms with van der Waals surface area (Å²) >= 11 is 0. The number of rotatable bonds is 3. The summed E-state index contributed by atoms with van der Waals surface area (Å²) < 4.78 is 0. The molecule has 1 aliphatic rings. The van der Waals surface area contributed by atoms with Crippen molar-refractivity contribution in [2.45, 2.75) is 25.8 Å². The SMILES string of the molecule is C=C1NC(=O)NC1Cc1ccc(CC)cc1. The van der Waals surface area contributed by atoms with E-state index in [2.05, 4.69) is 48.4 Å². The van der Waals surface area contributed by atoms with Crippen LogP contribution in [0.2, 0.25) is 0 Å². The molecule has 1 atom stereocenters. The topological polar surface area (TPSA) is 41.1 Å². The lowest BCUT2D eigenvalue weighted by atomic mass is 10.0. The van der Waals surface area contributed by atoms with Crippen LogP contribution in [0.15, 0.2) is 36.5 Å². The molecular formula is C13H16N2O. The highest BCUT2D eigenvalue weighted by Crippen LogP contribution is 2.12. The largest absolute Gasteiger partial charge is 0.329 e. The van der Waals surface area contributed by atoms with Crippen molar-refractivity contribution < 1.29 is 4.79 Å². The second-order valence-corrected chi connectivity index (χ2v) is 4.05.